The van der Waals surface area contributed by atoms with Gasteiger partial charge in [0.05, 0.1) is 4.92 Å². The first-order chi connectivity index (χ1) is 9.86. The lowest BCUT2D eigenvalue weighted by atomic mass is 10.2. The molecule has 1 N–H and O–H groups in total. The summed E-state index contributed by atoms with van der Waals surface area (Å²) in [7, 11) is 0. The van der Waals surface area contributed by atoms with Crippen molar-refractivity contribution in [2.45, 2.75) is 0 Å². The maximum Gasteiger partial charge on any atom is 0.293 e. The molecule has 0 aliphatic heterocycles. The highest BCUT2D eigenvalue weighted by Crippen LogP contribution is 2.29. The molecular formula is C13H7Br3N2O3. The van der Waals surface area contributed by atoms with Gasteiger partial charge in [0.1, 0.15) is 5.69 Å². The van der Waals surface area contributed by atoms with Gasteiger partial charge in [0, 0.05) is 25.0 Å². The van der Waals surface area contributed by atoms with Gasteiger partial charge in [-0.25, -0.2) is 0 Å². The summed E-state index contributed by atoms with van der Waals surface area (Å²) in [6, 6.07) is 9.49. The molecule has 5 nitrogen and oxygen atoms in total. The molecule has 0 saturated heterocycles. The molecule has 0 aliphatic rings. The van der Waals surface area contributed by atoms with Crippen LogP contribution in [0.15, 0.2) is 49.8 Å². The molecule has 0 bridgehead atoms. The van der Waals surface area contributed by atoms with Crippen molar-refractivity contribution in [1.29, 1.82) is 0 Å². The van der Waals surface area contributed by atoms with E-state index >= 15 is 0 Å². The summed E-state index contributed by atoms with van der Waals surface area (Å²) in [5.41, 5.74) is 0.351. The Labute approximate surface area is 145 Å². The molecule has 0 spiro atoms. The molecular weight excluding hydrogens is 472 g/mol. The van der Waals surface area contributed by atoms with E-state index in [9.17, 15) is 14.9 Å². The molecule has 0 atom stereocenters. The van der Waals surface area contributed by atoms with E-state index in [1.54, 1.807) is 24.3 Å². The van der Waals surface area contributed by atoms with E-state index in [0.717, 1.165) is 8.95 Å². The number of nitro groups is 1. The molecule has 108 valence electrons. The Morgan fingerprint density at radius 3 is 2.19 bits per heavy atom. The van der Waals surface area contributed by atoms with Gasteiger partial charge < -0.3 is 5.32 Å². The van der Waals surface area contributed by atoms with Gasteiger partial charge in [-0.15, -0.1) is 0 Å². The minimum absolute atomic E-state index is 0.143. The van der Waals surface area contributed by atoms with Gasteiger partial charge >= 0.3 is 0 Å². The van der Waals surface area contributed by atoms with E-state index < -0.39 is 10.8 Å². The van der Waals surface area contributed by atoms with Crippen LogP contribution in [0, 0.1) is 10.1 Å². The van der Waals surface area contributed by atoms with Crippen LogP contribution in [-0.2, 0) is 0 Å². The van der Waals surface area contributed by atoms with Crippen LogP contribution in [-0.4, -0.2) is 10.8 Å². The second-order valence-electron chi connectivity index (χ2n) is 4.03. The van der Waals surface area contributed by atoms with Gasteiger partial charge in [0.15, 0.2) is 0 Å². The average Bonchev–Trinajstić information content (AvgIpc) is 2.39. The number of nitrogens with zero attached hydrogens (tertiary/aromatic N) is 1. The van der Waals surface area contributed by atoms with Crippen molar-refractivity contribution in [3.8, 4) is 0 Å². The fraction of sp³-hybridized carbons (Fsp3) is 0. The summed E-state index contributed by atoms with van der Waals surface area (Å²) in [4.78, 5) is 22.7. The van der Waals surface area contributed by atoms with Crippen LogP contribution < -0.4 is 5.32 Å². The number of benzene rings is 2. The molecule has 2 aromatic carbocycles. The van der Waals surface area contributed by atoms with E-state index in [1.807, 2.05) is 0 Å². The van der Waals surface area contributed by atoms with Gasteiger partial charge in [0.25, 0.3) is 11.6 Å². The van der Waals surface area contributed by atoms with Gasteiger partial charge in [-0.3, -0.25) is 14.9 Å². The topological polar surface area (TPSA) is 72.2 Å². The van der Waals surface area contributed by atoms with Gasteiger partial charge in [-0.1, -0.05) is 47.8 Å². The van der Waals surface area contributed by atoms with E-state index in [2.05, 4.69) is 53.1 Å². The molecule has 0 aliphatic carbocycles. The summed E-state index contributed by atoms with van der Waals surface area (Å²) in [6.07, 6.45) is 0. The lowest BCUT2D eigenvalue weighted by Crippen LogP contribution is -2.13. The Morgan fingerprint density at radius 2 is 1.62 bits per heavy atom. The molecule has 0 aromatic heterocycles. The largest absolute Gasteiger partial charge is 0.316 e. The number of halogens is 3. The van der Waals surface area contributed by atoms with Crippen LogP contribution in [0.3, 0.4) is 0 Å². The predicted octanol–water partition coefficient (Wildman–Crippen LogP) is 5.13. The number of carbonyl (C=O) groups excluding carboxylic acids is 1. The van der Waals surface area contributed by atoms with E-state index in [4.69, 9.17) is 0 Å². The maximum absolute atomic E-state index is 12.2. The molecule has 0 unspecified atom stereocenters. The summed E-state index contributed by atoms with van der Waals surface area (Å²) >= 11 is 9.74. The van der Waals surface area contributed by atoms with Crippen molar-refractivity contribution in [2.24, 2.45) is 0 Å². The number of hydrogen-bond acceptors (Lipinski definition) is 3. The highest BCUT2D eigenvalue weighted by atomic mass is 79.9. The zero-order valence-corrected chi connectivity index (χ0v) is 15.0. The highest BCUT2D eigenvalue weighted by Gasteiger charge is 2.17. The van der Waals surface area contributed by atoms with E-state index in [0.29, 0.717) is 10.0 Å². The third kappa shape index (κ3) is 4.12. The van der Waals surface area contributed by atoms with Gasteiger partial charge in [0.2, 0.25) is 0 Å². The normalized spacial score (nSPS) is 10.2. The Hall–Kier alpha value is -1.25. The minimum Gasteiger partial charge on any atom is -0.316 e. The van der Waals surface area contributed by atoms with Crippen molar-refractivity contribution >= 4 is 65.1 Å². The Bertz CT molecular complexity index is 714. The number of hydrogen-bond donors (Lipinski definition) is 1. The van der Waals surface area contributed by atoms with Crippen molar-refractivity contribution < 1.29 is 9.72 Å². The summed E-state index contributed by atoms with van der Waals surface area (Å²) in [5, 5.41) is 13.6. The second-order valence-corrected chi connectivity index (χ2v) is 6.78. The minimum atomic E-state index is -0.544. The van der Waals surface area contributed by atoms with Crippen LogP contribution in [0.4, 0.5) is 11.4 Å². The molecule has 2 rings (SSSR count). The maximum atomic E-state index is 12.2. The quantitative estimate of drug-likeness (QED) is 0.490. The molecule has 0 radical (unpaired) electrons. The van der Waals surface area contributed by atoms with Crippen LogP contribution in [0.2, 0.25) is 0 Å². The van der Waals surface area contributed by atoms with E-state index in [-0.39, 0.29) is 11.4 Å². The number of amides is 1. The fourth-order valence-corrected chi connectivity index (χ4v) is 3.28. The Morgan fingerprint density at radius 1 is 1.00 bits per heavy atom. The first kappa shape index (κ1) is 16.1. The lowest BCUT2D eigenvalue weighted by Gasteiger charge is -2.07. The zero-order valence-electron chi connectivity index (χ0n) is 10.3. The number of rotatable bonds is 3. The van der Waals surface area contributed by atoms with Gasteiger partial charge in [-0.2, -0.15) is 0 Å². The molecule has 2 aromatic rings. The van der Waals surface area contributed by atoms with Crippen molar-refractivity contribution in [2.75, 3.05) is 5.32 Å². The van der Waals surface area contributed by atoms with Crippen LogP contribution in [0.5, 0.6) is 0 Å². The molecule has 21 heavy (non-hydrogen) atoms. The molecule has 0 heterocycles. The summed E-state index contributed by atoms with van der Waals surface area (Å²) in [5.74, 6) is -0.428. The molecule has 0 fully saturated rings. The number of anilines is 1. The molecule has 0 saturated carbocycles. The second kappa shape index (κ2) is 6.67. The molecule has 8 heteroatoms. The van der Waals surface area contributed by atoms with Gasteiger partial charge in [-0.05, 0) is 30.3 Å². The monoisotopic (exact) mass is 476 g/mol. The predicted molar refractivity (Wildman–Crippen MR) is 90.6 cm³/mol. The average molecular weight is 479 g/mol. The summed E-state index contributed by atoms with van der Waals surface area (Å²) < 4.78 is 2.03. The smallest absolute Gasteiger partial charge is 0.293 e. The van der Waals surface area contributed by atoms with Crippen LogP contribution in [0.1, 0.15) is 10.4 Å². The van der Waals surface area contributed by atoms with Crippen molar-refractivity contribution in [3.63, 3.8) is 0 Å². The fourth-order valence-electron chi connectivity index (χ4n) is 1.64. The van der Waals surface area contributed by atoms with E-state index in [1.165, 1.54) is 12.1 Å². The standard InChI is InChI=1S/C13H7Br3N2O3/c14-8-1-2-11(12(6-8)18(20)21)17-13(19)7-3-9(15)5-10(16)4-7/h1-6H,(H,17,19). The third-order valence-electron chi connectivity index (χ3n) is 2.53. The Kier molecular flexibility index (Phi) is 5.13. The number of carbonyl (C=O) groups is 1. The number of nitrogens with one attached hydrogen (secondary N) is 1. The lowest BCUT2D eigenvalue weighted by molar-refractivity contribution is -0.384. The zero-order chi connectivity index (χ0) is 15.6. The Balaban J connectivity index is 2.33. The van der Waals surface area contributed by atoms with Crippen LogP contribution >= 0.6 is 47.8 Å². The van der Waals surface area contributed by atoms with Crippen LogP contribution in [0.25, 0.3) is 0 Å². The highest BCUT2D eigenvalue weighted by molar-refractivity contribution is 9.11. The van der Waals surface area contributed by atoms with Crippen molar-refractivity contribution in [1.82, 2.24) is 0 Å². The van der Waals surface area contributed by atoms with Crippen molar-refractivity contribution in [3.05, 3.63) is 65.5 Å². The number of nitro benzene ring substituents is 1. The first-order valence-electron chi connectivity index (χ1n) is 5.58. The third-order valence-corrected chi connectivity index (χ3v) is 3.94. The molecule has 1 amide bonds. The first-order valence-corrected chi connectivity index (χ1v) is 7.96. The summed E-state index contributed by atoms with van der Waals surface area (Å²) in [6.45, 7) is 0. The SMILES string of the molecule is O=C(Nc1ccc(Br)cc1[N+](=O)[O-])c1cc(Br)cc(Br)c1.